The van der Waals surface area contributed by atoms with E-state index in [0.717, 1.165) is 24.8 Å². The first-order valence-corrected chi connectivity index (χ1v) is 9.42. The number of imidazole rings is 1. The Bertz CT molecular complexity index is 981. The molecule has 1 aromatic carbocycles. The fourth-order valence-corrected chi connectivity index (χ4v) is 3.79. The van der Waals surface area contributed by atoms with Gasteiger partial charge in [0.05, 0.1) is 6.04 Å². The molecular weight excluding hydrogens is 343 g/mol. The summed E-state index contributed by atoms with van der Waals surface area (Å²) in [6.07, 6.45) is 5.61. The van der Waals surface area contributed by atoms with E-state index in [0.29, 0.717) is 23.6 Å². The second-order valence-corrected chi connectivity index (χ2v) is 7.40. The molecule has 1 aliphatic heterocycles. The molecule has 27 heavy (non-hydrogen) atoms. The van der Waals surface area contributed by atoms with Crippen LogP contribution in [0.25, 0.3) is 22.4 Å². The lowest BCUT2D eigenvalue weighted by molar-refractivity contribution is -0.136. The lowest BCUT2D eigenvalue weighted by Crippen LogP contribution is -2.42. The number of pyridine rings is 1. The molecule has 1 amide bonds. The van der Waals surface area contributed by atoms with Crippen LogP contribution < -0.4 is 0 Å². The third-order valence-electron chi connectivity index (χ3n) is 5.16. The van der Waals surface area contributed by atoms with E-state index in [-0.39, 0.29) is 23.7 Å². The molecule has 1 unspecified atom stereocenters. The zero-order valence-electron chi connectivity index (χ0n) is 15.6. The van der Waals surface area contributed by atoms with Gasteiger partial charge in [0.15, 0.2) is 5.82 Å². The summed E-state index contributed by atoms with van der Waals surface area (Å²) in [6, 6.07) is 8.84. The van der Waals surface area contributed by atoms with Gasteiger partial charge in [-0.15, -0.1) is 0 Å². The fourth-order valence-electron chi connectivity index (χ4n) is 3.79. The van der Waals surface area contributed by atoms with Gasteiger partial charge in [0.25, 0.3) is 0 Å². The van der Waals surface area contributed by atoms with Gasteiger partial charge in [-0.05, 0) is 25.0 Å². The topological polar surface area (TPSA) is 51.0 Å². The van der Waals surface area contributed by atoms with Gasteiger partial charge in [-0.1, -0.05) is 32.0 Å². The van der Waals surface area contributed by atoms with Crippen molar-refractivity contribution in [1.29, 1.82) is 0 Å². The highest BCUT2D eigenvalue weighted by atomic mass is 19.1. The van der Waals surface area contributed by atoms with E-state index in [9.17, 15) is 9.18 Å². The Morgan fingerprint density at radius 1 is 1.26 bits per heavy atom. The van der Waals surface area contributed by atoms with Gasteiger partial charge >= 0.3 is 0 Å². The predicted octanol–water partition coefficient (Wildman–Crippen LogP) is 4.06. The van der Waals surface area contributed by atoms with Crippen molar-refractivity contribution in [2.24, 2.45) is 5.92 Å². The van der Waals surface area contributed by atoms with Crippen molar-refractivity contribution in [1.82, 2.24) is 19.4 Å². The maximum absolute atomic E-state index is 14.1. The monoisotopic (exact) mass is 366 g/mol. The van der Waals surface area contributed by atoms with Crippen molar-refractivity contribution in [3.05, 3.63) is 48.5 Å². The number of hydrogen-bond donors (Lipinski definition) is 0. The summed E-state index contributed by atoms with van der Waals surface area (Å²) in [7, 11) is 0. The highest BCUT2D eigenvalue weighted by Crippen LogP contribution is 2.28. The maximum Gasteiger partial charge on any atom is 0.225 e. The van der Waals surface area contributed by atoms with Crippen LogP contribution in [0, 0.1) is 11.7 Å². The van der Waals surface area contributed by atoms with Crippen LogP contribution in [0.5, 0.6) is 0 Å². The van der Waals surface area contributed by atoms with E-state index in [2.05, 4.69) is 14.5 Å². The van der Waals surface area contributed by atoms with Crippen LogP contribution in [0.15, 0.2) is 42.7 Å². The predicted molar refractivity (Wildman–Crippen MR) is 103 cm³/mol. The summed E-state index contributed by atoms with van der Waals surface area (Å²) >= 11 is 0. The Balaban J connectivity index is 1.67. The van der Waals surface area contributed by atoms with Crippen molar-refractivity contribution in [2.45, 2.75) is 32.7 Å². The van der Waals surface area contributed by atoms with Gasteiger partial charge in [-0.2, -0.15) is 0 Å². The number of amides is 1. The van der Waals surface area contributed by atoms with Crippen molar-refractivity contribution >= 4 is 16.8 Å². The highest BCUT2D eigenvalue weighted by Gasteiger charge is 2.27. The Hall–Kier alpha value is -2.76. The Morgan fingerprint density at radius 3 is 2.93 bits per heavy atom. The van der Waals surface area contributed by atoms with Gasteiger partial charge in [0.2, 0.25) is 5.91 Å². The number of aromatic nitrogens is 3. The zero-order valence-corrected chi connectivity index (χ0v) is 15.6. The molecule has 0 radical (unpaired) electrons. The smallest absolute Gasteiger partial charge is 0.225 e. The first-order chi connectivity index (χ1) is 13.0. The number of fused-ring (bicyclic) bond motifs is 1. The minimum absolute atomic E-state index is 0.00358. The summed E-state index contributed by atoms with van der Waals surface area (Å²) in [5.41, 5.74) is 0.995. The maximum atomic E-state index is 14.1. The molecule has 1 aliphatic rings. The van der Waals surface area contributed by atoms with Crippen molar-refractivity contribution in [2.75, 3.05) is 13.1 Å². The zero-order chi connectivity index (χ0) is 19.0. The lowest BCUT2D eigenvalue weighted by Gasteiger charge is -2.35. The molecule has 0 bridgehead atoms. The van der Waals surface area contributed by atoms with Crippen LogP contribution in [0.1, 0.15) is 32.7 Å². The number of para-hydroxylation sites is 1. The summed E-state index contributed by atoms with van der Waals surface area (Å²) in [5.74, 6) is 0.561. The molecule has 0 saturated carbocycles. The minimum atomic E-state index is -0.334. The molecular formula is C21H23FN4O. The van der Waals surface area contributed by atoms with Gasteiger partial charge in [-0.3, -0.25) is 4.79 Å². The number of likely N-dealkylation sites (tertiary alicyclic amines) is 1. The quantitative estimate of drug-likeness (QED) is 0.702. The van der Waals surface area contributed by atoms with Gasteiger partial charge in [0.1, 0.15) is 17.0 Å². The van der Waals surface area contributed by atoms with Crippen molar-refractivity contribution in [3.8, 4) is 11.5 Å². The number of rotatable bonds is 3. The molecule has 3 heterocycles. The summed E-state index contributed by atoms with van der Waals surface area (Å²) in [6.45, 7) is 5.34. The van der Waals surface area contributed by atoms with Crippen LogP contribution in [0.3, 0.4) is 0 Å². The number of carbonyl (C=O) groups excluding carboxylic acids is 1. The molecule has 4 rings (SSSR count). The molecule has 1 saturated heterocycles. The van der Waals surface area contributed by atoms with E-state index in [4.69, 9.17) is 0 Å². The number of halogens is 1. The molecule has 0 aliphatic carbocycles. The number of nitrogens with zero attached hydrogens (tertiary/aromatic N) is 4. The normalized spacial score (nSPS) is 17.6. The van der Waals surface area contributed by atoms with Crippen LogP contribution >= 0.6 is 0 Å². The van der Waals surface area contributed by atoms with Gasteiger partial charge in [-0.25, -0.2) is 14.4 Å². The average molecular weight is 366 g/mol. The van der Waals surface area contributed by atoms with Crippen LogP contribution in [-0.2, 0) is 4.79 Å². The van der Waals surface area contributed by atoms with Gasteiger partial charge in [0, 0.05) is 36.8 Å². The summed E-state index contributed by atoms with van der Waals surface area (Å²) < 4.78 is 16.2. The number of carbonyl (C=O) groups is 1. The highest BCUT2D eigenvalue weighted by molar-refractivity contribution is 5.81. The molecule has 6 heteroatoms. The van der Waals surface area contributed by atoms with Crippen molar-refractivity contribution in [3.63, 3.8) is 0 Å². The van der Waals surface area contributed by atoms with Crippen molar-refractivity contribution < 1.29 is 9.18 Å². The number of hydrogen-bond acceptors (Lipinski definition) is 3. The SMILES string of the molecule is CC(C)C(=O)N1CCCC(n2ccnc2-c2ccc3cccc(F)c3n2)C1. The first-order valence-electron chi connectivity index (χ1n) is 9.42. The molecule has 140 valence electrons. The molecule has 5 nitrogen and oxygen atoms in total. The lowest BCUT2D eigenvalue weighted by atomic mass is 10.0. The van der Waals surface area contributed by atoms with Crippen LogP contribution in [0.2, 0.25) is 0 Å². The molecule has 3 aromatic rings. The molecule has 1 atom stereocenters. The first kappa shape index (κ1) is 17.6. The molecule has 2 aromatic heterocycles. The summed E-state index contributed by atoms with van der Waals surface area (Å²) in [5, 5.41) is 0.767. The van der Waals surface area contributed by atoms with Gasteiger partial charge < -0.3 is 9.47 Å². The largest absolute Gasteiger partial charge is 0.340 e. The number of piperidine rings is 1. The summed E-state index contributed by atoms with van der Waals surface area (Å²) in [4.78, 5) is 23.3. The standard InChI is InChI=1S/C21H23FN4O/c1-14(2)21(27)25-11-4-6-16(13-25)26-12-10-23-20(26)18-9-8-15-5-3-7-17(22)19(15)24-18/h3,5,7-10,12,14,16H,4,6,11,13H2,1-2H3. The van der Waals surface area contributed by atoms with Crippen LogP contribution in [-0.4, -0.2) is 38.4 Å². The van der Waals surface area contributed by atoms with E-state index >= 15 is 0 Å². The second kappa shape index (κ2) is 7.10. The van der Waals surface area contributed by atoms with Crippen LogP contribution in [0.4, 0.5) is 4.39 Å². The average Bonchev–Trinajstić information content (AvgIpc) is 3.17. The Labute approximate surface area is 157 Å². The van der Waals surface area contributed by atoms with E-state index in [1.807, 2.05) is 43.1 Å². The van der Waals surface area contributed by atoms with E-state index in [1.165, 1.54) is 6.07 Å². The minimum Gasteiger partial charge on any atom is -0.340 e. The third kappa shape index (κ3) is 3.31. The van der Waals surface area contributed by atoms with E-state index in [1.54, 1.807) is 12.3 Å². The Kier molecular flexibility index (Phi) is 4.64. The molecule has 0 N–H and O–H groups in total. The molecule has 1 fully saturated rings. The molecule has 0 spiro atoms. The third-order valence-corrected chi connectivity index (χ3v) is 5.16. The second-order valence-electron chi connectivity index (χ2n) is 7.40. The fraction of sp³-hybridized carbons (Fsp3) is 0.381. The number of benzene rings is 1. The Morgan fingerprint density at radius 2 is 2.11 bits per heavy atom. The van der Waals surface area contributed by atoms with E-state index < -0.39 is 0 Å².